The Bertz CT molecular complexity index is 601. The number of halogens is 3. The van der Waals surface area contributed by atoms with Gasteiger partial charge in [-0.05, 0) is 24.3 Å². The summed E-state index contributed by atoms with van der Waals surface area (Å²) in [5, 5.41) is 0. The van der Waals surface area contributed by atoms with Crippen LogP contribution in [-0.4, -0.2) is 23.2 Å². The van der Waals surface area contributed by atoms with Crippen LogP contribution < -0.4 is 14.4 Å². The number of benzene rings is 1. The van der Waals surface area contributed by atoms with Crippen molar-refractivity contribution in [3.05, 3.63) is 24.3 Å². The van der Waals surface area contributed by atoms with Gasteiger partial charge >= 0.3 is 6.36 Å². The molecule has 2 N–H and O–H groups in total. The average Bonchev–Trinajstić information content (AvgIpc) is 2.25. The molecule has 0 saturated heterocycles. The molecule has 0 bridgehead atoms. The average molecular weight is 320 g/mol. The second kappa shape index (κ2) is 5.73. The van der Waals surface area contributed by atoms with Gasteiger partial charge in [0.2, 0.25) is 10.9 Å². The van der Waals surface area contributed by atoms with Crippen molar-refractivity contribution in [1.82, 2.24) is 9.66 Å². The van der Waals surface area contributed by atoms with Crippen LogP contribution in [0.2, 0.25) is 0 Å². The summed E-state index contributed by atoms with van der Waals surface area (Å²) in [5.41, 5.74) is 0. The Balaban J connectivity index is 2.86. The largest absolute Gasteiger partial charge is 0.573 e. The van der Waals surface area contributed by atoms with Gasteiger partial charge in [-0.2, -0.15) is 0 Å². The Labute approximate surface area is 107 Å². The number of hydrogen-bond donors (Lipinski definition) is 3. The number of sulfonamides is 1. The van der Waals surface area contributed by atoms with Crippen LogP contribution in [0.1, 0.15) is 0 Å². The molecule has 1 aromatic rings. The molecule has 0 aromatic heterocycles. The summed E-state index contributed by atoms with van der Waals surface area (Å²) in [4.78, 5) is 2.51. The molecule has 1 aromatic carbocycles. The highest BCUT2D eigenvalue weighted by molar-refractivity contribution is 7.90. The molecule has 0 aliphatic rings. The van der Waals surface area contributed by atoms with Gasteiger partial charge in [-0.25, -0.2) is 16.8 Å². The summed E-state index contributed by atoms with van der Waals surface area (Å²) in [6.07, 6.45) is -4.89. The standard InChI is InChI=1S/C7H7F3N2O5S2/c8-7(9,10)17-5-1-3-6(4-2-5)19(15,16)12-11-18(13)14/h1-4,12,18H,(H,11,13,14). The van der Waals surface area contributed by atoms with E-state index in [1.54, 1.807) is 0 Å². The molecule has 108 valence electrons. The first-order valence-corrected chi connectivity index (χ1v) is 7.04. The van der Waals surface area contributed by atoms with Crippen LogP contribution in [0.3, 0.4) is 0 Å². The number of alkyl halides is 3. The van der Waals surface area contributed by atoms with E-state index < -0.39 is 37.9 Å². The number of rotatable bonds is 5. The van der Waals surface area contributed by atoms with E-state index in [-0.39, 0.29) is 0 Å². The minimum absolute atomic E-state index is 0.439. The van der Waals surface area contributed by atoms with Gasteiger partial charge in [-0.3, -0.25) is 0 Å². The van der Waals surface area contributed by atoms with E-state index >= 15 is 0 Å². The van der Waals surface area contributed by atoms with Crippen molar-refractivity contribution >= 4 is 20.9 Å². The molecule has 0 atom stereocenters. The minimum atomic E-state index is -4.89. The molecular formula is C7H7F3N2O5S2. The molecule has 0 radical (unpaired) electrons. The van der Waals surface area contributed by atoms with Gasteiger partial charge in [-0.1, -0.05) is 0 Å². The number of nitrogens with one attached hydrogen (secondary N) is 2. The highest BCUT2D eigenvalue weighted by Crippen LogP contribution is 2.23. The summed E-state index contributed by atoms with van der Waals surface area (Å²) in [5.74, 6) is -0.602. The lowest BCUT2D eigenvalue weighted by molar-refractivity contribution is -0.274. The molecule has 12 heteroatoms. The third-order valence-electron chi connectivity index (χ3n) is 1.64. The van der Waals surface area contributed by atoms with E-state index in [0.717, 1.165) is 24.3 Å². The number of hydrazine groups is 1. The zero-order chi connectivity index (χ0) is 14.7. The van der Waals surface area contributed by atoms with Crippen LogP contribution >= 0.6 is 0 Å². The Kier molecular flexibility index (Phi) is 4.73. The maximum Gasteiger partial charge on any atom is 0.573 e. The lowest BCUT2D eigenvalue weighted by Gasteiger charge is -2.09. The van der Waals surface area contributed by atoms with Gasteiger partial charge in [0.05, 0.1) is 4.90 Å². The predicted molar refractivity (Wildman–Crippen MR) is 56.9 cm³/mol. The Morgan fingerprint density at radius 3 is 2.05 bits per heavy atom. The fraction of sp³-hybridized carbons (Fsp3) is 0.143. The zero-order valence-corrected chi connectivity index (χ0v) is 10.6. The van der Waals surface area contributed by atoms with Gasteiger partial charge in [0.25, 0.3) is 10.0 Å². The first-order chi connectivity index (χ1) is 8.60. The Hall–Kier alpha value is -1.37. The van der Waals surface area contributed by atoms with Crippen LogP contribution in [0.15, 0.2) is 29.2 Å². The molecular weight excluding hydrogens is 313 g/mol. The topological polar surface area (TPSA) is 102 Å². The molecule has 0 fully saturated rings. The first-order valence-electron chi connectivity index (χ1n) is 4.38. The minimum Gasteiger partial charge on any atom is -0.406 e. The third-order valence-corrected chi connectivity index (χ3v) is 3.35. The van der Waals surface area contributed by atoms with Crippen LogP contribution in [0.4, 0.5) is 13.2 Å². The molecule has 1 rings (SSSR count). The first kappa shape index (κ1) is 15.7. The predicted octanol–water partition coefficient (Wildman–Crippen LogP) is -0.106. The molecule has 0 spiro atoms. The molecule has 19 heavy (non-hydrogen) atoms. The monoisotopic (exact) mass is 320 g/mol. The van der Waals surface area contributed by atoms with Crippen LogP contribution in [-0.2, 0) is 20.9 Å². The summed E-state index contributed by atoms with van der Waals surface area (Å²) in [7, 11) is -7.39. The summed E-state index contributed by atoms with van der Waals surface area (Å²) in [6, 6.07) is 3.20. The fourth-order valence-corrected chi connectivity index (χ4v) is 2.37. The lowest BCUT2D eigenvalue weighted by Crippen LogP contribution is -2.36. The van der Waals surface area contributed by atoms with Gasteiger partial charge in [-0.15, -0.1) is 22.8 Å². The van der Waals surface area contributed by atoms with Gasteiger partial charge in [0.1, 0.15) is 5.75 Å². The summed E-state index contributed by atoms with van der Waals surface area (Å²) < 4.78 is 82.2. The zero-order valence-electron chi connectivity index (χ0n) is 8.84. The molecule has 0 heterocycles. The van der Waals surface area contributed by atoms with Crippen LogP contribution in [0, 0.1) is 0 Å². The van der Waals surface area contributed by atoms with Crippen molar-refractivity contribution in [1.29, 1.82) is 0 Å². The molecule has 0 amide bonds. The highest BCUT2D eigenvalue weighted by Gasteiger charge is 2.31. The Morgan fingerprint density at radius 2 is 1.63 bits per heavy atom. The van der Waals surface area contributed by atoms with E-state index in [2.05, 4.69) is 4.74 Å². The number of thiol groups is 1. The number of ether oxygens (including phenoxy) is 1. The molecule has 0 aliphatic heterocycles. The molecule has 0 unspecified atom stereocenters. The van der Waals surface area contributed by atoms with Gasteiger partial charge in [0, 0.05) is 0 Å². The smallest absolute Gasteiger partial charge is 0.406 e. The third kappa shape index (κ3) is 5.42. The van der Waals surface area contributed by atoms with Crippen molar-refractivity contribution in [2.24, 2.45) is 0 Å². The SMILES string of the molecule is O=[SH](=O)NNS(=O)(=O)c1ccc(OC(F)(F)F)cc1. The molecule has 7 nitrogen and oxygen atoms in total. The number of hydrogen-bond acceptors (Lipinski definition) is 5. The van der Waals surface area contributed by atoms with Crippen molar-refractivity contribution in [2.45, 2.75) is 11.3 Å². The summed E-state index contributed by atoms with van der Waals surface area (Å²) in [6.45, 7) is 0. The van der Waals surface area contributed by atoms with Crippen molar-refractivity contribution in [3.8, 4) is 5.75 Å². The van der Waals surface area contributed by atoms with Crippen LogP contribution in [0.25, 0.3) is 0 Å². The second-order valence-electron chi connectivity index (χ2n) is 2.99. The lowest BCUT2D eigenvalue weighted by atomic mass is 10.3. The van der Waals surface area contributed by atoms with Crippen molar-refractivity contribution < 1.29 is 34.7 Å². The highest BCUT2D eigenvalue weighted by atomic mass is 32.2. The Morgan fingerprint density at radius 1 is 1.11 bits per heavy atom. The normalized spacial score (nSPS) is 12.6. The molecule has 0 aliphatic carbocycles. The van der Waals surface area contributed by atoms with E-state index in [1.807, 2.05) is 0 Å². The quantitative estimate of drug-likeness (QED) is 0.519. The maximum atomic E-state index is 11.9. The van der Waals surface area contributed by atoms with Crippen molar-refractivity contribution in [2.75, 3.05) is 0 Å². The van der Waals surface area contributed by atoms with Gasteiger partial charge < -0.3 is 4.74 Å². The molecule has 0 saturated carbocycles. The maximum absolute atomic E-state index is 11.9. The van der Waals surface area contributed by atoms with E-state index in [0.29, 0.717) is 0 Å². The van der Waals surface area contributed by atoms with Crippen molar-refractivity contribution in [3.63, 3.8) is 0 Å². The van der Waals surface area contributed by atoms with E-state index in [1.165, 1.54) is 9.66 Å². The van der Waals surface area contributed by atoms with Crippen LogP contribution in [0.5, 0.6) is 5.75 Å². The summed E-state index contributed by atoms with van der Waals surface area (Å²) >= 11 is 0. The van der Waals surface area contributed by atoms with E-state index in [9.17, 15) is 30.0 Å². The second-order valence-corrected chi connectivity index (χ2v) is 5.41. The van der Waals surface area contributed by atoms with E-state index in [4.69, 9.17) is 0 Å². The van der Waals surface area contributed by atoms with Gasteiger partial charge in [0.15, 0.2) is 0 Å². The fourth-order valence-electron chi connectivity index (χ4n) is 0.977.